The molecule has 5 aromatic heterocycles. The summed E-state index contributed by atoms with van der Waals surface area (Å²) in [4.78, 5) is 9.46. The molecule has 0 aliphatic carbocycles. The van der Waals surface area contributed by atoms with Gasteiger partial charge in [-0.2, -0.15) is 0 Å². The van der Waals surface area contributed by atoms with Crippen molar-refractivity contribution in [2.45, 2.75) is 0 Å². The zero-order valence-electron chi connectivity index (χ0n) is 16.2. The monoisotopic (exact) mass is 431 g/mol. The summed E-state index contributed by atoms with van der Waals surface area (Å²) < 4.78 is 7.63. The molecule has 3 aromatic carbocycles. The number of imidazole rings is 1. The van der Waals surface area contributed by atoms with Gasteiger partial charge in [0.15, 0.2) is 5.65 Å². The summed E-state index contributed by atoms with van der Waals surface area (Å²) in [7, 11) is 0. The Morgan fingerprint density at radius 1 is 0.613 bits per heavy atom. The molecule has 0 aliphatic heterocycles. The molecule has 8 aromatic rings. The molecule has 5 heteroatoms. The lowest BCUT2D eigenvalue weighted by atomic mass is 9.99. The second kappa shape index (κ2) is 5.58. The Hall–Kier alpha value is -3.54. The molecular weight excluding hydrogens is 418 g/mol. The highest BCUT2D eigenvalue weighted by molar-refractivity contribution is 7.33. The van der Waals surface area contributed by atoms with Gasteiger partial charge in [0.2, 0.25) is 0 Å². The molecule has 0 N–H and O–H groups in total. The molecule has 0 saturated heterocycles. The fourth-order valence-corrected chi connectivity index (χ4v) is 7.64. The van der Waals surface area contributed by atoms with Crippen LogP contribution in [0, 0.1) is 0 Å². The highest BCUT2D eigenvalue weighted by Gasteiger charge is 2.22. The first-order valence-electron chi connectivity index (χ1n) is 10.2. The number of benzene rings is 3. The fourth-order valence-electron chi connectivity index (χ4n) is 5.08. The maximum atomic E-state index is 4.76. The number of hydrogen-bond donors (Lipinski definition) is 0. The van der Waals surface area contributed by atoms with E-state index in [4.69, 9.17) is 9.97 Å². The Morgan fingerprint density at radius 2 is 1.29 bits per heavy atom. The van der Waals surface area contributed by atoms with E-state index in [1.54, 1.807) is 0 Å². The van der Waals surface area contributed by atoms with E-state index in [-0.39, 0.29) is 0 Å². The van der Waals surface area contributed by atoms with Crippen molar-refractivity contribution in [3.8, 4) is 0 Å². The van der Waals surface area contributed by atoms with Gasteiger partial charge in [-0.15, -0.1) is 22.7 Å². The first kappa shape index (κ1) is 16.2. The van der Waals surface area contributed by atoms with Gasteiger partial charge in [0.25, 0.3) is 0 Å². The summed E-state index contributed by atoms with van der Waals surface area (Å²) in [6.45, 7) is 0. The minimum Gasteiger partial charge on any atom is -0.297 e. The summed E-state index contributed by atoms with van der Waals surface area (Å²) in [6.07, 6.45) is 5.83. The molecule has 31 heavy (non-hydrogen) atoms. The summed E-state index contributed by atoms with van der Waals surface area (Å²) in [6, 6.07) is 21.8. The van der Waals surface area contributed by atoms with Gasteiger partial charge in [0.05, 0.1) is 14.9 Å². The number of hydrogen-bond acceptors (Lipinski definition) is 4. The molecule has 0 unspecified atom stereocenters. The van der Waals surface area contributed by atoms with E-state index in [9.17, 15) is 0 Å². The summed E-state index contributed by atoms with van der Waals surface area (Å²) in [5.74, 6) is 0. The van der Waals surface area contributed by atoms with Gasteiger partial charge in [-0.3, -0.25) is 9.38 Å². The Morgan fingerprint density at radius 3 is 2.10 bits per heavy atom. The van der Waals surface area contributed by atoms with Gasteiger partial charge in [0, 0.05) is 60.3 Å². The van der Waals surface area contributed by atoms with Gasteiger partial charge < -0.3 is 0 Å². The van der Waals surface area contributed by atoms with Crippen molar-refractivity contribution in [3.05, 3.63) is 79.3 Å². The van der Waals surface area contributed by atoms with Crippen molar-refractivity contribution in [1.29, 1.82) is 0 Å². The molecule has 0 atom stereocenters. The molecular formula is C26H13N3S2. The molecule has 0 saturated carbocycles. The van der Waals surface area contributed by atoms with Gasteiger partial charge in [0.1, 0.15) is 5.52 Å². The summed E-state index contributed by atoms with van der Waals surface area (Å²) in [5.41, 5.74) is 3.10. The van der Waals surface area contributed by atoms with E-state index < -0.39 is 0 Å². The molecule has 0 aliphatic rings. The lowest BCUT2D eigenvalue weighted by molar-refractivity contribution is 1.26. The molecule has 8 rings (SSSR count). The highest BCUT2D eigenvalue weighted by Crippen LogP contribution is 2.50. The van der Waals surface area contributed by atoms with Crippen LogP contribution in [0.15, 0.2) is 79.3 Å². The zero-order valence-corrected chi connectivity index (χ0v) is 17.8. The Kier molecular flexibility index (Phi) is 2.91. The third kappa shape index (κ3) is 1.89. The minimum absolute atomic E-state index is 0.915. The normalized spacial score (nSPS) is 12.5. The summed E-state index contributed by atoms with van der Waals surface area (Å²) >= 11 is 3.80. The quantitative estimate of drug-likeness (QED) is 0.230. The van der Waals surface area contributed by atoms with E-state index >= 15 is 0 Å². The van der Waals surface area contributed by atoms with Crippen LogP contribution in [0.2, 0.25) is 0 Å². The van der Waals surface area contributed by atoms with Crippen LogP contribution < -0.4 is 0 Å². The predicted octanol–water partition coefficient (Wildman–Crippen LogP) is 7.77. The second-order valence-corrected chi connectivity index (χ2v) is 9.95. The smallest absolute Gasteiger partial charge is 0.163 e. The number of thiophene rings is 2. The Balaban J connectivity index is 1.89. The van der Waals surface area contributed by atoms with Gasteiger partial charge >= 0.3 is 0 Å². The van der Waals surface area contributed by atoms with Crippen molar-refractivity contribution < 1.29 is 0 Å². The van der Waals surface area contributed by atoms with Crippen molar-refractivity contribution >= 4 is 90.5 Å². The molecule has 0 fully saturated rings. The maximum Gasteiger partial charge on any atom is 0.163 e. The van der Waals surface area contributed by atoms with Crippen LogP contribution in [0.5, 0.6) is 0 Å². The third-order valence-corrected chi connectivity index (χ3v) is 8.80. The van der Waals surface area contributed by atoms with E-state index in [1.807, 2.05) is 41.1 Å². The number of fused-ring (bicyclic) bond motifs is 15. The van der Waals surface area contributed by atoms with Crippen LogP contribution in [0.25, 0.3) is 67.8 Å². The topological polar surface area (TPSA) is 30.2 Å². The first-order chi connectivity index (χ1) is 15.4. The third-order valence-electron chi connectivity index (χ3n) is 6.29. The second-order valence-electron chi connectivity index (χ2n) is 7.85. The van der Waals surface area contributed by atoms with Gasteiger partial charge in [-0.1, -0.05) is 42.5 Å². The molecule has 0 radical (unpaired) electrons. The van der Waals surface area contributed by atoms with Gasteiger partial charge in [-0.05, 0) is 18.2 Å². The number of nitrogens with zero attached hydrogens (tertiary/aromatic N) is 3. The molecule has 144 valence electrons. The Bertz CT molecular complexity index is 2010. The lowest BCUT2D eigenvalue weighted by Gasteiger charge is -2.11. The van der Waals surface area contributed by atoms with E-state index in [0.29, 0.717) is 0 Å². The fraction of sp³-hybridized carbons (Fsp3) is 0. The van der Waals surface area contributed by atoms with Crippen molar-refractivity contribution in [1.82, 2.24) is 14.4 Å². The molecule has 0 amide bonds. The van der Waals surface area contributed by atoms with E-state index in [2.05, 4.69) is 65.2 Å². The van der Waals surface area contributed by atoms with Crippen LogP contribution in [0.3, 0.4) is 0 Å². The Labute approximate surface area is 183 Å². The largest absolute Gasteiger partial charge is 0.297 e. The minimum atomic E-state index is 0.915. The molecule has 0 bridgehead atoms. The zero-order chi connectivity index (χ0) is 20.1. The number of pyridine rings is 2. The molecule has 0 spiro atoms. The van der Waals surface area contributed by atoms with Crippen molar-refractivity contribution in [2.75, 3.05) is 0 Å². The first-order valence-corrected chi connectivity index (χ1v) is 11.8. The maximum absolute atomic E-state index is 4.76. The van der Waals surface area contributed by atoms with Crippen LogP contribution in [-0.4, -0.2) is 14.4 Å². The van der Waals surface area contributed by atoms with E-state index in [0.717, 1.165) is 11.2 Å². The molecule has 3 nitrogen and oxygen atoms in total. The average molecular weight is 432 g/mol. The average Bonchev–Trinajstić information content (AvgIpc) is 3.53. The van der Waals surface area contributed by atoms with Gasteiger partial charge in [-0.25, -0.2) is 4.98 Å². The summed E-state index contributed by atoms with van der Waals surface area (Å²) in [5, 5.41) is 7.73. The van der Waals surface area contributed by atoms with Crippen LogP contribution in [0.1, 0.15) is 0 Å². The standard InChI is InChI=1S/C26H13N3S2/c1-3-9-17-14(6-1)20-19-16-8-5-11-27-22(16)26-28-12-13-29(26)23(19)21-15-7-2-4-10-18(15)31-25(21)24(20)30-17/h1-13H. The number of aromatic nitrogens is 3. The SMILES string of the molecule is c1ccc2c(c1)sc1c3sc4ccccc4c3c3c(c4cccnc4c4nccn43)c21. The molecule has 5 heterocycles. The van der Waals surface area contributed by atoms with E-state index in [1.165, 1.54) is 56.6 Å². The number of rotatable bonds is 0. The van der Waals surface area contributed by atoms with Crippen LogP contribution in [-0.2, 0) is 0 Å². The van der Waals surface area contributed by atoms with Crippen molar-refractivity contribution in [2.24, 2.45) is 0 Å². The van der Waals surface area contributed by atoms with Crippen LogP contribution in [0.4, 0.5) is 0 Å². The highest BCUT2D eigenvalue weighted by atomic mass is 32.1. The van der Waals surface area contributed by atoms with Crippen LogP contribution >= 0.6 is 22.7 Å². The van der Waals surface area contributed by atoms with Crippen molar-refractivity contribution in [3.63, 3.8) is 0 Å². The lowest BCUT2D eigenvalue weighted by Crippen LogP contribution is -1.93. The predicted molar refractivity (Wildman–Crippen MR) is 134 cm³/mol.